The minimum Gasteiger partial charge on any atom is -0.481 e. The Morgan fingerprint density at radius 3 is 1.48 bits per heavy atom. The van der Waals surface area contributed by atoms with Crippen LogP contribution in [0.15, 0.2) is 0 Å². The first-order valence-corrected chi connectivity index (χ1v) is 11.4. The first-order chi connectivity index (χ1) is 13.0. The van der Waals surface area contributed by atoms with Crippen molar-refractivity contribution in [3.63, 3.8) is 0 Å². The molecule has 4 nitrogen and oxygen atoms in total. The summed E-state index contributed by atoms with van der Waals surface area (Å²) in [5, 5.41) is 19.9. The molecule has 0 aliphatic heterocycles. The lowest BCUT2D eigenvalue weighted by molar-refractivity contribution is -0.181. The highest BCUT2D eigenvalue weighted by molar-refractivity contribution is 5.87. The molecule has 1 aliphatic carbocycles. The number of hydrogen-bond donors (Lipinski definition) is 2. The molecule has 2 unspecified atom stereocenters. The zero-order valence-electron chi connectivity index (χ0n) is 17.7. The fraction of sp³-hybridized carbons (Fsp3) is 0.913. The van der Waals surface area contributed by atoms with E-state index in [9.17, 15) is 19.8 Å². The topological polar surface area (TPSA) is 74.6 Å². The van der Waals surface area contributed by atoms with Crippen molar-refractivity contribution in [2.75, 3.05) is 0 Å². The second kappa shape index (κ2) is 12.4. The molecule has 0 bridgehead atoms. The lowest BCUT2D eigenvalue weighted by Crippen LogP contribution is -2.54. The molecule has 0 heterocycles. The van der Waals surface area contributed by atoms with Crippen LogP contribution >= 0.6 is 0 Å². The monoisotopic (exact) mass is 382 g/mol. The van der Waals surface area contributed by atoms with Crippen molar-refractivity contribution >= 4 is 11.9 Å². The van der Waals surface area contributed by atoms with Gasteiger partial charge in [-0.1, -0.05) is 97.3 Å². The van der Waals surface area contributed by atoms with Gasteiger partial charge >= 0.3 is 11.9 Å². The van der Waals surface area contributed by atoms with Crippen LogP contribution in [0, 0.1) is 10.8 Å². The molecule has 0 spiro atoms. The molecule has 158 valence electrons. The molecule has 1 aliphatic rings. The summed E-state index contributed by atoms with van der Waals surface area (Å²) in [6, 6.07) is 0. The molecular formula is C23H42O4. The predicted octanol–water partition coefficient (Wildman–Crippen LogP) is 6.81. The van der Waals surface area contributed by atoms with Crippen molar-refractivity contribution in [1.29, 1.82) is 0 Å². The average molecular weight is 383 g/mol. The van der Waals surface area contributed by atoms with Gasteiger partial charge in [-0.2, -0.15) is 0 Å². The molecule has 0 aromatic heterocycles. The van der Waals surface area contributed by atoms with Crippen LogP contribution in [0.2, 0.25) is 0 Å². The van der Waals surface area contributed by atoms with Gasteiger partial charge in [0.1, 0.15) is 0 Å². The van der Waals surface area contributed by atoms with E-state index >= 15 is 0 Å². The van der Waals surface area contributed by atoms with Crippen LogP contribution < -0.4 is 0 Å². The number of carboxylic acid groups (broad SMARTS) is 2. The maximum Gasteiger partial charge on any atom is 0.310 e. The maximum atomic E-state index is 12.2. The van der Waals surface area contributed by atoms with E-state index in [1.165, 1.54) is 51.4 Å². The number of rotatable bonds is 15. The first kappa shape index (κ1) is 24.0. The summed E-state index contributed by atoms with van der Waals surface area (Å²) in [4.78, 5) is 24.3. The van der Waals surface area contributed by atoms with Gasteiger partial charge in [-0.25, -0.2) is 0 Å². The molecule has 1 fully saturated rings. The molecule has 0 radical (unpaired) electrons. The third-order valence-corrected chi connectivity index (χ3v) is 7.00. The lowest BCUT2D eigenvalue weighted by atomic mass is 9.53. The minimum atomic E-state index is -1.09. The molecule has 0 aromatic carbocycles. The van der Waals surface area contributed by atoms with Gasteiger partial charge in [0.05, 0.1) is 10.8 Å². The Morgan fingerprint density at radius 2 is 1.07 bits per heavy atom. The van der Waals surface area contributed by atoms with Crippen molar-refractivity contribution in [1.82, 2.24) is 0 Å². The number of carboxylic acids is 2. The molecule has 1 saturated carbocycles. The molecule has 4 heteroatoms. The second-order valence-corrected chi connectivity index (χ2v) is 8.62. The number of hydrogen-bond acceptors (Lipinski definition) is 2. The molecule has 0 aromatic rings. The van der Waals surface area contributed by atoms with Gasteiger partial charge in [0.15, 0.2) is 0 Å². The SMILES string of the molecule is CCCCCCCCCCCCCC1(C(=O)O)CCCCC1(CC)C(=O)O. The van der Waals surface area contributed by atoms with Crippen LogP contribution in [-0.4, -0.2) is 22.2 Å². The van der Waals surface area contributed by atoms with Gasteiger partial charge in [0, 0.05) is 0 Å². The normalized spacial score (nSPS) is 25.4. The third-order valence-electron chi connectivity index (χ3n) is 7.00. The highest BCUT2D eigenvalue weighted by Gasteiger charge is 2.60. The van der Waals surface area contributed by atoms with Crippen LogP contribution in [0.25, 0.3) is 0 Å². The number of unbranched alkanes of at least 4 members (excludes halogenated alkanes) is 10. The Morgan fingerprint density at radius 1 is 0.667 bits per heavy atom. The van der Waals surface area contributed by atoms with E-state index in [-0.39, 0.29) is 0 Å². The highest BCUT2D eigenvalue weighted by Crippen LogP contribution is 2.56. The van der Waals surface area contributed by atoms with Gasteiger partial charge in [-0.05, 0) is 25.7 Å². The Hall–Kier alpha value is -1.06. The minimum absolute atomic E-state index is 0.409. The van der Waals surface area contributed by atoms with Crippen molar-refractivity contribution in [3.05, 3.63) is 0 Å². The van der Waals surface area contributed by atoms with Crippen LogP contribution in [0.1, 0.15) is 123 Å². The van der Waals surface area contributed by atoms with E-state index in [1.807, 2.05) is 6.92 Å². The summed E-state index contributed by atoms with van der Waals surface area (Å²) in [6.45, 7) is 4.08. The van der Waals surface area contributed by atoms with Gasteiger partial charge in [-0.3, -0.25) is 9.59 Å². The average Bonchev–Trinajstić information content (AvgIpc) is 2.65. The van der Waals surface area contributed by atoms with Crippen molar-refractivity contribution < 1.29 is 19.8 Å². The van der Waals surface area contributed by atoms with Crippen molar-refractivity contribution in [3.8, 4) is 0 Å². The summed E-state index contributed by atoms with van der Waals surface area (Å²) in [7, 11) is 0. The summed E-state index contributed by atoms with van der Waals surface area (Å²) in [5.74, 6) is -1.80. The van der Waals surface area contributed by atoms with Crippen LogP contribution in [-0.2, 0) is 9.59 Å². The van der Waals surface area contributed by atoms with E-state index < -0.39 is 22.8 Å². The molecule has 2 atom stereocenters. The summed E-state index contributed by atoms with van der Waals surface area (Å²) < 4.78 is 0. The summed E-state index contributed by atoms with van der Waals surface area (Å²) in [6.07, 6.45) is 17.1. The van der Waals surface area contributed by atoms with Crippen LogP contribution in [0.3, 0.4) is 0 Å². The predicted molar refractivity (Wildman–Crippen MR) is 110 cm³/mol. The fourth-order valence-electron chi connectivity index (χ4n) is 5.18. The Kier molecular flexibility index (Phi) is 11.0. The van der Waals surface area contributed by atoms with E-state index in [4.69, 9.17) is 0 Å². The van der Waals surface area contributed by atoms with Gasteiger partial charge in [0.2, 0.25) is 0 Å². The summed E-state index contributed by atoms with van der Waals surface area (Å²) in [5.41, 5.74) is -2.17. The van der Waals surface area contributed by atoms with Crippen molar-refractivity contribution in [2.24, 2.45) is 10.8 Å². The molecule has 27 heavy (non-hydrogen) atoms. The maximum absolute atomic E-state index is 12.2. The largest absolute Gasteiger partial charge is 0.481 e. The Labute approximate surface area is 166 Å². The fourth-order valence-corrected chi connectivity index (χ4v) is 5.18. The lowest BCUT2D eigenvalue weighted by Gasteiger charge is -2.48. The Balaban J connectivity index is 2.40. The van der Waals surface area contributed by atoms with Crippen LogP contribution in [0.5, 0.6) is 0 Å². The van der Waals surface area contributed by atoms with Gasteiger partial charge < -0.3 is 10.2 Å². The van der Waals surface area contributed by atoms with Crippen LogP contribution in [0.4, 0.5) is 0 Å². The van der Waals surface area contributed by atoms with E-state index in [0.29, 0.717) is 25.7 Å². The highest BCUT2D eigenvalue weighted by atomic mass is 16.4. The molecule has 1 rings (SSSR count). The van der Waals surface area contributed by atoms with E-state index in [0.717, 1.165) is 32.1 Å². The van der Waals surface area contributed by atoms with Crippen molar-refractivity contribution in [2.45, 2.75) is 123 Å². The van der Waals surface area contributed by atoms with E-state index in [2.05, 4.69) is 6.92 Å². The molecular weight excluding hydrogens is 340 g/mol. The first-order valence-electron chi connectivity index (χ1n) is 11.4. The quantitative estimate of drug-likeness (QED) is 0.305. The summed E-state index contributed by atoms with van der Waals surface area (Å²) >= 11 is 0. The molecule has 0 amide bonds. The smallest absolute Gasteiger partial charge is 0.310 e. The third kappa shape index (κ3) is 6.22. The second-order valence-electron chi connectivity index (χ2n) is 8.62. The standard InChI is InChI=1S/C23H42O4/c1-3-5-6-7-8-9-10-11-12-13-14-18-23(21(26)27)19-16-15-17-22(23,4-2)20(24)25/h3-19H2,1-2H3,(H,24,25)(H,26,27). The zero-order valence-corrected chi connectivity index (χ0v) is 17.7. The molecule has 2 N–H and O–H groups in total. The molecule has 0 saturated heterocycles. The zero-order chi connectivity index (χ0) is 20.2. The Bertz CT molecular complexity index is 448. The van der Waals surface area contributed by atoms with Gasteiger partial charge in [-0.15, -0.1) is 0 Å². The number of aliphatic carboxylic acids is 2. The van der Waals surface area contributed by atoms with E-state index in [1.54, 1.807) is 0 Å². The number of carbonyl (C=O) groups is 2. The van der Waals surface area contributed by atoms with Gasteiger partial charge in [0.25, 0.3) is 0 Å².